The average Bonchev–Trinajstić information content (AvgIpc) is 2.50. The van der Waals surface area contributed by atoms with Crippen LogP contribution in [0.3, 0.4) is 0 Å². The van der Waals surface area contributed by atoms with E-state index in [0.29, 0.717) is 11.5 Å². The normalized spacial score (nSPS) is 43.4. The standard InChI is InChI=1S/C10H14O3/c1-6-2-3-8-7(4-11)5-13-10(12)9(6)8/h4-6,8-10,12H,2-3H2,1H3/t6-,8+,9+,10+/m0/s1. The Hall–Kier alpha value is -0.830. The number of carbonyl (C=O) groups is 1. The van der Waals surface area contributed by atoms with Crippen LogP contribution in [0.4, 0.5) is 0 Å². The third kappa shape index (κ3) is 1.27. The Kier molecular flexibility index (Phi) is 2.12. The van der Waals surface area contributed by atoms with Gasteiger partial charge in [0.25, 0.3) is 0 Å². The highest BCUT2D eigenvalue weighted by atomic mass is 16.6. The average molecular weight is 182 g/mol. The van der Waals surface area contributed by atoms with E-state index in [9.17, 15) is 9.90 Å². The summed E-state index contributed by atoms with van der Waals surface area (Å²) in [5, 5.41) is 9.58. The predicted molar refractivity (Wildman–Crippen MR) is 46.6 cm³/mol. The number of ether oxygens (including phenoxy) is 1. The molecule has 2 rings (SSSR count). The molecular formula is C10H14O3. The number of fused-ring (bicyclic) bond motifs is 1. The first-order chi connectivity index (χ1) is 6.24. The Bertz CT molecular complexity index is 247. The highest BCUT2D eigenvalue weighted by Gasteiger charge is 2.43. The molecule has 0 radical (unpaired) electrons. The van der Waals surface area contributed by atoms with Gasteiger partial charge < -0.3 is 9.84 Å². The van der Waals surface area contributed by atoms with Crippen LogP contribution in [0.1, 0.15) is 19.8 Å². The molecular weight excluding hydrogens is 168 g/mol. The van der Waals surface area contributed by atoms with Crippen LogP contribution in [0.15, 0.2) is 11.8 Å². The van der Waals surface area contributed by atoms with Gasteiger partial charge in [-0.15, -0.1) is 0 Å². The molecule has 3 nitrogen and oxygen atoms in total. The maximum Gasteiger partial charge on any atom is 0.200 e. The van der Waals surface area contributed by atoms with Crippen LogP contribution < -0.4 is 0 Å². The molecule has 1 aliphatic carbocycles. The fourth-order valence-corrected chi connectivity index (χ4v) is 2.53. The second kappa shape index (κ2) is 3.14. The van der Waals surface area contributed by atoms with Crippen molar-refractivity contribution in [3.8, 4) is 0 Å². The molecule has 0 spiro atoms. The topological polar surface area (TPSA) is 46.5 Å². The Balaban J connectivity index is 2.26. The van der Waals surface area contributed by atoms with Gasteiger partial charge in [-0.1, -0.05) is 6.92 Å². The van der Waals surface area contributed by atoms with Crippen molar-refractivity contribution in [3.63, 3.8) is 0 Å². The second-order valence-corrected chi connectivity index (χ2v) is 4.00. The van der Waals surface area contributed by atoms with Crippen molar-refractivity contribution in [2.45, 2.75) is 26.1 Å². The first kappa shape index (κ1) is 8.75. The monoisotopic (exact) mass is 182 g/mol. The van der Waals surface area contributed by atoms with Crippen LogP contribution in [0.2, 0.25) is 0 Å². The summed E-state index contributed by atoms with van der Waals surface area (Å²) >= 11 is 0. The molecule has 1 heterocycles. The third-order valence-electron chi connectivity index (χ3n) is 3.29. The van der Waals surface area contributed by atoms with Crippen molar-refractivity contribution in [2.24, 2.45) is 17.8 Å². The highest BCUT2D eigenvalue weighted by molar-refractivity contribution is 5.74. The van der Waals surface area contributed by atoms with Gasteiger partial charge in [0.05, 0.1) is 6.26 Å². The Morgan fingerprint density at radius 2 is 2.38 bits per heavy atom. The Labute approximate surface area is 77.4 Å². The molecule has 0 bridgehead atoms. The molecule has 1 fully saturated rings. The van der Waals surface area contributed by atoms with Gasteiger partial charge in [0.2, 0.25) is 0 Å². The maximum absolute atomic E-state index is 10.7. The van der Waals surface area contributed by atoms with E-state index in [1.165, 1.54) is 6.26 Å². The van der Waals surface area contributed by atoms with Crippen LogP contribution in [0, 0.1) is 17.8 Å². The van der Waals surface area contributed by atoms with Gasteiger partial charge in [-0.05, 0) is 24.7 Å². The second-order valence-electron chi connectivity index (χ2n) is 4.00. The van der Waals surface area contributed by atoms with Gasteiger partial charge in [0.1, 0.15) is 6.29 Å². The fourth-order valence-electron chi connectivity index (χ4n) is 2.53. The molecule has 0 saturated heterocycles. The minimum absolute atomic E-state index is 0.116. The number of aliphatic hydroxyl groups excluding tert-OH is 1. The molecule has 1 aliphatic heterocycles. The zero-order valence-electron chi connectivity index (χ0n) is 7.64. The lowest BCUT2D eigenvalue weighted by molar-refractivity contribution is -0.125. The van der Waals surface area contributed by atoms with Crippen LogP contribution in [-0.2, 0) is 9.53 Å². The van der Waals surface area contributed by atoms with Crippen molar-refractivity contribution in [3.05, 3.63) is 11.8 Å². The molecule has 0 aromatic heterocycles. The highest BCUT2D eigenvalue weighted by Crippen LogP contribution is 2.44. The van der Waals surface area contributed by atoms with Gasteiger partial charge >= 0.3 is 0 Å². The number of allylic oxidation sites excluding steroid dienone is 1. The van der Waals surface area contributed by atoms with Crippen LogP contribution >= 0.6 is 0 Å². The molecule has 2 aliphatic rings. The Morgan fingerprint density at radius 3 is 3.08 bits per heavy atom. The van der Waals surface area contributed by atoms with Crippen molar-refractivity contribution in [1.29, 1.82) is 0 Å². The summed E-state index contributed by atoms with van der Waals surface area (Å²) in [6, 6.07) is 0. The molecule has 3 heteroatoms. The summed E-state index contributed by atoms with van der Waals surface area (Å²) in [4.78, 5) is 10.7. The summed E-state index contributed by atoms with van der Waals surface area (Å²) in [7, 11) is 0. The van der Waals surface area contributed by atoms with E-state index in [2.05, 4.69) is 6.92 Å². The fraction of sp³-hybridized carbons (Fsp3) is 0.700. The van der Waals surface area contributed by atoms with E-state index >= 15 is 0 Å². The number of rotatable bonds is 1. The summed E-state index contributed by atoms with van der Waals surface area (Å²) in [5.74, 6) is 0.782. The zero-order valence-corrected chi connectivity index (χ0v) is 7.64. The van der Waals surface area contributed by atoms with Crippen LogP contribution in [0.25, 0.3) is 0 Å². The SMILES string of the molecule is C[C@H]1CC[C@@H]2C(C=O)=CO[C@@H](O)[C@@H]21. The quantitative estimate of drug-likeness (QED) is 0.617. The lowest BCUT2D eigenvalue weighted by Gasteiger charge is -2.31. The van der Waals surface area contributed by atoms with Crippen molar-refractivity contribution in [2.75, 3.05) is 0 Å². The van der Waals surface area contributed by atoms with E-state index < -0.39 is 6.29 Å². The van der Waals surface area contributed by atoms with Gasteiger partial charge in [-0.3, -0.25) is 4.79 Å². The third-order valence-corrected chi connectivity index (χ3v) is 3.29. The van der Waals surface area contributed by atoms with Crippen molar-refractivity contribution < 1.29 is 14.6 Å². The number of carbonyl (C=O) groups excluding carboxylic acids is 1. The van der Waals surface area contributed by atoms with Gasteiger partial charge in [0, 0.05) is 11.5 Å². The minimum atomic E-state index is -0.716. The van der Waals surface area contributed by atoms with Gasteiger partial charge in [0.15, 0.2) is 6.29 Å². The van der Waals surface area contributed by atoms with E-state index in [4.69, 9.17) is 4.74 Å². The van der Waals surface area contributed by atoms with Gasteiger partial charge in [-0.2, -0.15) is 0 Å². The molecule has 4 atom stereocenters. The first-order valence-electron chi connectivity index (χ1n) is 4.73. The van der Waals surface area contributed by atoms with Crippen molar-refractivity contribution in [1.82, 2.24) is 0 Å². The van der Waals surface area contributed by atoms with E-state index in [1.54, 1.807) is 0 Å². The summed E-state index contributed by atoms with van der Waals surface area (Å²) < 4.78 is 5.03. The molecule has 0 aromatic rings. The maximum atomic E-state index is 10.7. The minimum Gasteiger partial charge on any atom is -0.472 e. The number of hydrogen-bond acceptors (Lipinski definition) is 3. The number of aliphatic hydroxyl groups is 1. The number of hydrogen-bond donors (Lipinski definition) is 1. The lowest BCUT2D eigenvalue weighted by Crippen LogP contribution is -2.33. The summed E-state index contributed by atoms with van der Waals surface area (Å²) in [6.07, 6.45) is 3.61. The van der Waals surface area contributed by atoms with Crippen molar-refractivity contribution >= 4 is 6.29 Å². The molecule has 1 saturated carbocycles. The molecule has 13 heavy (non-hydrogen) atoms. The predicted octanol–water partition coefficient (Wildman–Crippen LogP) is 1.08. The molecule has 0 amide bonds. The Morgan fingerprint density at radius 1 is 1.62 bits per heavy atom. The first-order valence-corrected chi connectivity index (χ1v) is 4.73. The summed E-state index contributed by atoms with van der Waals surface area (Å²) in [6.45, 7) is 2.10. The van der Waals surface area contributed by atoms with Gasteiger partial charge in [-0.25, -0.2) is 0 Å². The molecule has 72 valence electrons. The molecule has 0 unspecified atom stereocenters. The smallest absolute Gasteiger partial charge is 0.200 e. The molecule has 0 aromatic carbocycles. The zero-order chi connectivity index (χ0) is 9.42. The van der Waals surface area contributed by atoms with Crippen LogP contribution in [0.5, 0.6) is 0 Å². The summed E-state index contributed by atoms with van der Waals surface area (Å²) in [5.41, 5.74) is 0.708. The number of aldehydes is 1. The van der Waals surface area contributed by atoms with Crippen LogP contribution in [-0.4, -0.2) is 17.7 Å². The van der Waals surface area contributed by atoms with E-state index in [-0.39, 0.29) is 11.8 Å². The molecule has 1 N–H and O–H groups in total. The van der Waals surface area contributed by atoms with E-state index in [1.807, 2.05) is 0 Å². The lowest BCUT2D eigenvalue weighted by atomic mass is 9.84. The van der Waals surface area contributed by atoms with E-state index in [0.717, 1.165) is 19.1 Å². The largest absolute Gasteiger partial charge is 0.472 e.